The van der Waals surface area contributed by atoms with E-state index in [0.717, 1.165) is 12.0 Å². The number of nitrogens with zero attached hydrogens (tertiary/aromatic N) is 1. The zero-order valence-electron chi connectivity index (χ0n) is 15.0. The minimum Gasteiger partial charge on any atom is -0.324 e. The highest BCUT2D eigenvalue weighted by atomic mass is 16.2. The van der Waals surface area contributed by atoms with Gasteiger partial charge in [-0.15, -0.1) is 6.58 Å². The van der Waals surface area contributed by atoms with Gasteiger partial charge >= 0.3 is 0 Å². The third-order valence-electron chi connectivity index (χ3n) is 5.75. The van der Waals surface area contributed by atoms with E-state index in [4.69, 9.17) is 0 Å². The number of benzene rings is 1. The van der Waals surface area contributed by atoms with Gasteiger partial charge in [0.05, 0.1) is 11.8 Å². The summed E-state index contributed by atoms with van der Waals surface area (Å²) in [6.45, 7) is 7.99. The van der Waals surface area contributed by atoms with Crippen molar-refractivity contribution in [3.05, 3.63) is 42.5 Å². The van der Waals surface area contributed by atoms with Gasteiger partial charge in [-0.3, -0.25) is 24.6 Å². The Balaban J connectivity index is 1.87. The molecule has 0 saturated carbocycles. The van der Waals surface area contributed by atoms with E-state index in [2.05, 4.69) is 31.1 Å². The van der Waals surface area contributed by atoms with Gasteiger partial charge in [-0.1, -0.05) is 38.1 Å². The normalized spacial score (nSPS) is 32.3. The lowest BCUT2D eigenvalue weighted by Crippen LogP contribution is -2.53. The number of imide groups is 1. The van der Waals surface area contributed by atoms with Gasteiger partial charge in [0.15, 0.2) is 0 Å². The predicted octanol–water partition coefficient (Wildman–Crippen LogP) is 1.64. The van der Waals surface area contributed by atoms with Crippen molar-refractivity contribution in [3.63, 3.8) is 0 Å². The van der Waals surface area contributed by atoms with Crippen LogP contribution in [-0.2, 0) is 19.9 Å². The van der Waals surface area contributed by atoms with Gasteiger partial charge in [-0.25, -0.2) is 0 Å². The highest BCUT2D eigenvalue weighted by molar-refractivity contribution is 6.15. The molecule has 3 aliphatic heterocycles. The van der Waals surface area contributed by atoms with E-state index in [1.165, 1.54) is 4.90 Å². The molecule has 6 nitrogen and oxygen atoms in total. The molecule has 2 saturated heterocycles. The fourth-order valence-corrected chi connectivity index (χ4v) is 4.84. The zero-order chi connectivity index (χ0) is 18.6. The van der Waals surface area contributed by atoms with Crippen molar-refractivity contribution in [2.24, 2.45) is 17.8 Å². The SMILES string of the molecule is C=CCN1C(=O)[C@@H]2[C@H](CC(C)C)N[C@]3(C(=O)Nc4ccccc43)[C@H]2C1=O. The number of carbonyl (C=O) groups is 3. The molecule has 2 N–H and O–H groups in total. The van der Waals surface area contributed by atoms with Crippen LogP contribution in [0.4, 0.5) is 5.69 Å². The number of anilines is 1. The Bertz CT molecular complexity index is 818. The summed E-state index contributed by atoms with van der Waals surface area (Å²) in [7, 11) is 0. The molecule has 0 aliphatic carbocycles. The van der Waals surface area contributed by atoms with Crippen LogP contribution >= 0.6 is 0 Å². The van der Waals surface area contributed by atoms with Crippen molar-refractivity contribution >= 4 is 23.4 Å². The number of amides is 3. The van der Waals surface area contributed by atoms with Crippen LogP contribution in [0.15, 0.2) is 36.9 Å². The quantitative estimate of drug-likeness (QED) is 0.637. The molecule has 3 aliphatic rings. The Kier molecular flexibility index (Phi) is 3.77. The van der Waals surface area contributed by atoms with Crippen LogP contribution in [0.3, 0.4) is 0 Å². The summed E-state index contributed by atoms with van der Waals surface area (Å²) in [6.07, 6.45) is 2.27. The molecule has 4 rings (SSSR count). The van der Waals surface area contributed by atoms with Gasteiger partial charge in [0.1, 0.15) is 5.54 Å². The summed E-state index contributed by atoms with van der Waals surface area (Å²) in [5.41, 5.74) is 0.285. The zero-order valence-corrected chi connectivity index (χ0v) is 15.0. The third kappa shape index (κ3) is 2.05. The lowest BCUT2D eigenvalue weighted by molar-refractivity contribution is -0.142. The lowest BCUT2D eigenvalue weighted by atomic mass is 9.76. The largest absolute Gasteiger partial charge is 0.324 e. The van der Waals surface area contributed by atoms with E-state index < -0.39 is 17.4 Å². The summed E-state index contributed by atoms with van der Waals surface area (Å²) >= 11 is 0. The molecule has 1 aromatic carbocycles. The maximum absolute atomic E-state index is 13.2. The van der Waals surface area contributed by atoms with E-state index in [0.29, 0.717) is 11.6 Å². The van der Waals surface area contributed by atoms with Crippen molar-refractivity contribution in [2.45, 2.75) is 31.8 Å². The van der Waals surface area contributed by atoms with Crippen LogP contribution in [0.25, 0.3) is 0 Å². The molecular weight excluding hydrogens is 330 g/mol. The first-order valence-corrected chi connectivity index (χ1v) is 9.06. The Hall–Kier alpha value is -2.47. The second-order valence-electron chi connectivity index (χ2n) is 7.77. The van der Waals surface area contributed by atoms with Gasteiger partial charge in [-0.2, -0.15) is 0 Å². The number of likely N-dealkylation sites (tertiary alicyclic amines) is 1. The van der Waals surface area contributed by atoms with Crippen molar-refractivity contribution in [3.8, 4) is 0 Å². The Morgan fingerprint density at radius 2 is 1.96 bits per heavy atom. The highest BCUT2D eigenvalue weighted by Crippen LogP contribution is 2.53. The number of rotatable bonds is 4. The van der Waals surface area contributed by atoms with E-state index in [1.54, 1.807) is 6.08 Å². The van der Waals surface area contributed by atoms with E-state index in [-0.39, 0.29) is 30.3 Å². The summed E-state index contributed by atoms with van der Waals surface area (Å²) in [6, 6.07) is 7.18. The Morgan fingerprint density at radius 1 is 1.23 bits per heavy atom. The molecule has 0 unspecified atom stereocenters. The van der Waals surface area contributed by atoms with Crippen LogP contribution in [0.5, 0.6) is 0 Å². The van der Waals surface area contributed by atoms with Gasteiger partial charge < -0.3 is 5.32 Å². The average molecular weight is 353 g/mol. The van der Waals surface area contributed by atoms with Gasteiger partial charge in [0.25, 0.3) is 0 Å². The molecule has 0 bridgehead atoms. The minimum absolute atomic E-state index is 0.179. The molecule has 4 atom stereocenters. The van der Waals surface area contributed by atoms with Crippen LogP contribution < -0.4 is 10.6 Å². The number of hydrogen-bond donors (Lipinski definition) is 2. The molecule has 0 aromatic heterocycles. The smallest absolute Gasteiger partial charge is 0.250 e. The second kappa shape index (κ2) is 5.77. The fourth-order valence-electron chi connectivity index (χ4n) is 4.84. The fraction of sp³-hybridized carbons (Fsp3) is 0.450. The molecule has 3 heterocycles. The Morgan fingerprint density at radius 3 is 2.65 bits per heavy atom. The van der Waals surface area contributed by atoms with E-state index in [1.807, 2.05) is 24.3 Å². The first-order chi connectivity index (χ1) is 12.4. The second-order valence-corrected chi connectivity index (χ2v) is 7.77. The first-order valence-electron chi connectivity index (χ1n) is 9.06. The van der Waals surface area contributed by atoms with Crippen LogP contribution in [0, 0.1) is 17.8 Å². The third-order valence-corrected chi connectivity index (χ3v) is 5.75. The van der Waals surface area contributed by atoms with E-state index in [9.17, 15) is 14.4 Å². The summed E-state index contributed by atoms with van der Waals surface area (Å²) in [4.78, 5) is 40.5. The molecule has 26 heavy (non-hydrogen) atoms. The predicted molar refractivity (Wildman–Crippen MR) is 97.0 cm³/mol. The van der Waals surface area contributed by atoms with E-state index >= 15 is 0 Å². The molecular formula is C20H23N3O3. The molecule has 1 spiro atoms. The number of nitrogens with one attached hydrogen (secondary N) is 2. The highest BCUT2D eigenvalue weighted by Gasteiger charge is 2.70. The molecule has 3 amide bonds. The number of fused-ring (bicyclic) bond motifs is 4. The Labute approximate surface area is 152 Å². The summed E-state index contributed by atoms with van der Waals surface area (Å²) < 4.78 is 0. The maximum Gasteiger partial charge on any atom is 0.250 e. The monoisotopic (exact) mass is 353 g/mol. The lowest BCUT2D eigenvalue weighted by Gasteiger charge is -2.29. The number of carbonyl (C=O) groups excluding carboxylic acids is 3. The van der Waals surface area contributed by atoms with Gasteiger partial charge in [0, 0.05) is 23.8 Å². The molecule has 0 radical (unpaired) electrons. The topological polar surface area (TPSA) is 78.5 Å². The van der Waals surface area contributed by atoms with Crippen LogP contribution in [0.2, 0.25) is 0 Å². The maximum atomic E-state index is 13.2. The number of hydrogen-bond acceptors (Lipinski definition) is 4. The van der Waals surface area contributed by atoms with Crippen molar-refractivity contribution in [1.82, 2.24) is 10.2 Å². The number of para-hydroxylation sites is 1. The van der Waals surface area contributed by atoms with Gasteiger partial charge in [0.2, 0.25) is 17.7 Å². The summed E-state index contributed by atoms with van der Waals surface area (Å²) in [5.74, 6) is -1.65. The first kappa shape index (κ1) is 17.0. The van der Waals surface area contributed by atoms with Crippen LogP contribution in [0.1, 0.15) is 25.8 Å². The van der Waals surface area contributed by atoms with Gasteiger partial charge in [-0.05, 0) is 18.4 Å². The molecule has 136 valence electrons. The summed E-state index contributed by atoms with van der Waals surface area (Å²) in [5, 5.41) is 6.32. The molecule has 6 heteroatoms. The molecule has 1 aromatic rings. The average Bonchev–Trinajstić information content (AvgIpc) is 3.15. The molecule has 2 fully saturated rings. The van der Waals surface area contributed by atoms with Crippen molar-refractivity contribution < 1.29 is 14.4 Å². The van der Waals surface area contributed by atoms with Crippen LogP contribution in [-0.4, -0.2) is 35.2 Å². The standard InChI is InChI=1S/C20H23N3O3/c1-4-9-23-17(24)15-14(10-11(2)3)22-20(16(15)18(23)25)12-7-5-6-8-13(12)21-19(20)26/h4-8,11,14-16,22H,1,9-10H2,2-3H3,(H,21,26)/t14-,15+,16+,20-/m0/s1. The minimum atomic E-state index is -1.18. The van der Waals surface area contributed by atoms with Crippen molar-refractivity contribution in [2.75, 3.05) is 11.9 Å². The van der Waals surface area contributed by atoms with Crippen molar-refractivity contribution in [1.29, 1.82) is 0 Å².